The number of allylic oxidation sites excluding steroid dienone is 3. The van der Waals surface area contributed by atoms with Crippen molar-refractivity contribution in [1.29, 1.82) is 0 Å². The van der Waals surface area contributed by atoms with Gasteiger partial charge in [0.2, 0.25) is 0 Å². The standard InChI is InChI=1S/C21H29N3O4/c1-5-6-18(21(25)28-26)12-16(3)27-14-17-7-9-24(10-8-17)20-11-15(2)19(22-4)13-23-20/h5-6,11-13,17,22,26H,1,7-10,14H2,2-4H3/b16-12+,18-6+. The van der Waals surface area contributed by atoms with E-state index in [4.69, 9.17) is 9.99 Å². The predicted octanol–water partition coefficient (Wildman–Crippen LogP) is 3.70. The Labute approximate surface area is 166 Å². The number of hydrogen-bond donors (Lipinski definition) is 2. The van der Waals surface area contributed by atoms with Crippen molar-refractivity contribution in [2.24, 2.45) is 5.92 Å². The van der Waals surface area contributed by atoms with Gasteiger partial charge in [0.15, 0.2) is 0 Å². The molecule has 152 valence electrons. The highest BCUT2D eigenvalue weighted by molar-refractivity contribution is 5.91. The molecule has 0 atom stereocenters. The first-order chi connectivity index (χ1) is 13.5. The quantitative estimate of drug-likeness (QED) is 0.231. The van der Waals surface area contributed by atoms with Crippen LogP contribution in [0.4, 0.5) is 11.5 Å². The minimum atomic E-state index is -0.844. The van der Waals surface area contributed by atoms with Crippen LogP contribution in [0.1, 0.15) is 25.3 Å². The largest absolute Gasteiger partial charge is 0.498 e. The Hall–Kier alpha value is -2.80. The highest BCUT2D eigenvalue weighted by Crippen LogP contribution is 2.25. The molecule has 7 nitrogen and oxygen atoms in total. The number of carbonyl (C=O) groups excluding carboxylic acids is 1. The van der Waals surface area contributed by atoms with Crippen LogP contribution in [0.2, 0.25) is 0 Å². The Morgan fingerprint density at radius 1 is 1.46 bits per heavy atom. The van der Waals surface area contributed by atoms with E-state index in [1.54, 1.807) is 6.92 Å². The van der Waals surface area contributed by atoms with Crippen LogP contribution in [-0.2, 0) is 14.4 Å². The van der Waals surface area contributed by atoms with E-state index in [0.717, 1.165) is 37.4 Å². The number of aromatic nitrogens is 1. The molecule has 0 amide bonds. The zero-order chi connectivity index (χ0) is 20.5. The minimum Gasteiger partial charge on any atom is -0.498 e. The van der Waals surface area contributed by atoms with E-state index in [9.17, 15) is 4.79 Å². The summed E-state index contributed by atoms with van der Waals surface area (Å²) in [6.45, 7) is 9.83. The van der Waals surface area contributed by atoms with E-state index in [0.29, 0.717) is 18.3 Å². The van der Waals surface area contributed by atoms with Gasteiger partial charge >= 0.3 is 5.97 Å². The summed E-state index contributed by atoms with van der Waals surface area (Å²) in [5, 5.41) is 11.7. The van der Waals surface area contributed by atoms with E-state index in [1.807, 2.05) is 13.2 Å². The van der Waals surface area contributed by atoms with Gasteiger partial charge in [-0.3, -0.25) is 4.89 Å². The van der Waals surface area contributed by atoms with Crippen molar-refractivity contribution < 1.29 is 19.7 Å². The summed E-state index contributed by atoms with van der Waals surface area (Å²) >= 11 is 0. The molecule has 0 saturated carbocycles. The van der Waals surface area contributed by atoms with E-state index in [2.05, 4.69) is 39.7 Å². The monoisotopic (exact) mass is 387 g/mol. The Bertz CT molecular complexity index is 750. The number of hydrogen-bond acceptors (Lipinski definition) is 7. The zero-order valence-electron chi connectivity index (χ0n) is 16.8. The second-order valence-electron chi connectivity index (χ2n) is 6.84. The molecule has 2 rings (SSSR count). The lowest BCUT2D eigenvalue weighted by Gasteiger charge is -2.33. The van der Waals surface area contributed by atoms with Gasteiger partial charge in [0.1, 0.15) is 5.82 Å². The van der Waals surface area contributed by atoms with Gasteiger partial charge < -0.3 is 15.0 Å². The SMILES string of the molecule is C=C/C=C(\C=C(/C)OCC1CCN(c2cc(C)c(NC)cn2)CC1)C(=O)OO. The Kier molecular flexibility index (Phi) is 8.07. The van der Waals surface area contributed by atoms with Crippen LogP contribution in [0, 0.1) is 12.8 Å². The molecular formula is C21H29N3O4. The third kappa shape index (κ3) is 5.85. The van der Waals surface area contributed by atoms with Crippen molar-refractivity contribution in [2.75, 3.05) is 37.0 Å². The topological polar surface area (TPSA) is 83.9 Å². The van der Waals surface area contributed by atoms with Gasteiger partial charge in [-0.2, -0.15) is 5.26 Å². The molecule has 0 spiro atoms. The Balaban J connectivity index is 1.86. The molecule has 1 aromatic heterocycles. The maximum atomic E-state index is 11.5. The fourth-order valence-electron chi connectivity index (χ4n) is 3.17. The lowest BCUT2D eigenvalue weighted by atomic mass is 9.97. The van der Waals surface area contributed by atoms with Crippen molar-refractivity contribution in [2.45, 2.75) is 26.7 Å². The highest BCUT2D eigenvalue weighted by Gasteiger charge is 2.21. The average Bonchev–Trinajstić information content (AvgIpc) is 2.71. The molecule has 1 aromatic rings. The molecule has 2 N–H and O–H groups in total. The van der Waals surface area contributed by atoms with Crippen LogP contribution in [0.3, 0.4) is 0 Å². The second kappa shape index (κ2) is 10.5. The molecule has 28 heavy (non-hydrogen) atoms. The fraction of sp³-hybridized carbons (Fsp3) is 0.429. The lowest BCUT2D eigenvalue weighted by Crippen LogP contribution is -2.35. The molecule has 2 heterocycles. The number of carbonyl (C=O) groups is 1. The van der Waals surface area contributed by atoms with Gasteiger partial charge in [0.25, 0.3) is 0 Å². The predicted molar refractivity (Wildman–Crippen MR) is 110 cm³/mol. The lowest BCUT2D eigenvalue weighted by molar-refractivity contribution is -0.229. The maximum absolute atomic E-state index is 11.5. The zero-order valence-corrected chi connectivity index (χ0v) is 16.8. The first kappa shape index (κ1) is 21.5. The van der Waals surface area contributed by atoms with E-state index in [-0.39, 0.29) is 5.57 Å². The van der Waals surface area contributed by atoms with Crippen molar-refractivity contribution in [1.82, 2.24) is 4.98 Å². The minimum absolute atomic E-state index is 0.177. The van der Waals surface area contributed by atoms with Gasteiger partial charge in [-0.1, -0.05) is 12.7 Å². The number of pyridine rings is 1. The first-order valence-electron chi connectivity index (χ1n) is 9.37. The molecule has 0 aromatic carbocycles. The summed E-state index contributed by atoms with van der Waals surface area (Å²) < 4.78 is 5.80. The smallest absolute Gasteiger partial charge is 0.372 e. The summed E-state index contributed by atoms with van der Waals surface area (Å²) in [5.74, 6) is 1.19. The van der Waals surface area contributed by atoms with E-state index in [1.165, 1.54) is 23.8 Å². The third-order valence-electron chi connectivity index (χ3n) is 4.83. The van der Waals surface area contributed by atoms with Crippen LogP contribution in [-0.4, -0.2) is 43.0 Å². The number of ether oxygens (including phenoxy) is 1. The number of rotatable bonds is 8. The van der Waals surface area contributed by atoms with Gasteiger partial charge in [-0.15, -0.1) is 0 Å². The number of nitrogens with one attached hydrogen (secondary N) is 1. The number of piperidine rings is 1. The normalized spacial score (nSPS) is 15.9. The molecule has 0 bridgehead atoms. The summed E-state index contributed by atoms with van der Waals surface area (Å²) in [6.07, 6.45) is 8.33. The second-order valence-corrected chi connectivity index (χ2v) is 6.84. The van der Waals surface area contributed by atoms with Gasteiger partial charge in [0, 0.05) is 20.1 Å². The molecule has 1 fully saturated rings. The molecule has 0 aliphatic carbocycles. The molecule has 0 radical (unpaired) electrons. The van der Waals surface area contributed by atoms with Gasteiger partial charge in [-0.25, -0.2) is 9.78 Å². The molecule has 1 aliphatic rings. The van der Waals surface area contributed by atoms with Crippen LogP contribution >= 0.6 is 0 Å². The summed E-state index contributed by atoms with van der Waals surface area (Å²) in [4.78, 5) is 22.1. The Morgan fingerprint density at radius 3 is 2.75 bits per heavy atom. The van der Waals surface area contributed by atoms with Crippen molar-refractivity contribution in [3.8, 4) is 0 Å². The summed E-state index contributed by atoms with van der Waals surface area (Å²) in [7, 11) is 1.90. The van der Waals surface area contributed by atoms with Crippen LogP contribution in [0.25, 0.3) is 0 Å². The molecule has 7 heteroatoms. The van der Waals surface area contributed by atoms with Crippen LogP contribution in [0.5, 0.6) is 0 Å². The third-order valence-corrected chi connectivity index (χ3v) is 4.83. The first-order valence-corrected chi connectivity index (χ1v) is 9.37. The van der Waals surface area contributed by atoms with Crippen molar-refractivity contribution >= 4 is 17.5 Å². The number of nitrogens with zero attached hydrogens (tertiary/aromatic N) is 2. The molecule has 1 saturated heterocycles. The molecule has 1 aliphatic heterocycles. The highest BCUT2D eigenvalue weighted by atomic mass is 17.1. The average molecular weight is 387 g/mol. The number of anilines is 2. The van der Waals surface area contributed by atoms with Gasteiger partial charge in [-0.05, 0) is 56.4 Å². The van der Waals surface area contributed by atoms with E-state index >= 15 is 0 Å². The number of aryl methyl sites for hydroxylation is 1. The Morgan fingerprint density at radius 2 is 2.18 bits per heavy atom. The van der Waals surface area contributed by atoms with Crippen molar-refractivity contribution in [3.05, 3.63) is 54.0 Å². The fourth-order valence-corrected chi connectivity index (χ4v) is 3.17. The summed E-state index contributed by atoms with van der Waals surface area (Å²) in [5.41, 5.74) is 2.41. The van der Waals surface area contributed by atoms with E-state index < -0.39 is 5.97 Å². The summed E-state index contributed by atoms with van der Waals surface area (Å²) in [6, 6.07) is 2.11. The van der Waals surface area contributed by atoms with Crippen LogP contribution < -0.4 is 10.2 Å². The molecular weight excluding hydrogens is 358 g/mol. The van der Waals surface area contributed by atoms with Crippen LogP contribution in [0.15, 0.2) is 48.4 Å². The maximum Gasteiger partial charge on any atom is 0.372 e. The van der Waals surface area contributed by atoms with Crippen molar-refractivity contribution in [3.63, 3.8) is 0 Å². The molecule has 0 unspecified atom stereocenters. The van der Waals surface area contributed by atoms with Gasteiger partial charge in [0.05, 0.1) is 29.8 Å².